The lowest BCUT2D eigenvalue weighted by molar-refractivity contribution is 0.0111. The van der Waals surface area contributed by atoms with Crippen LogP contribution in [0.2, 0.25) is 0 Å². The average Bonchev–Trinajstić information content (AvgIpc) is 2.70. The smallest absolute Gasteiger partial charge is 0.183 e. The summed E-state index contributed by atoms with van der Waals surface area (Å²) in [6.45, 7) is 2.19. The zero-order valence-corrected chi connectivity index (χ0v) is 13.3. The summed E-state index contributed by atoms with van der Waals surface area (Å²) < 4.78 is 6.76. The Balaban J connectivity index is 2.25. The van der Waals surface area contributed by atoms with Gasteiger partial charge in [0.1, 0.15) is 11.9 Å². The SMILES string of the molecule is CC1CCC(C#N)(C(O)c2cc(Br)c(Br)o2)CC1. The third-order valence-corrected chi connectivity index (χ3v) is 5.56. The third-order valence-electron chi connectivity index (χ3n) is 3.85. The summed E-state index contributed by atoms with van der Waals surface area (Å²) in [7, 11) is 0. The molecule has 1 aromatic rings. The molecular weight excluding hydrogens is 362 g/mol. The van der Waals surface area contributed by atoms with Crippen LogP contribution in [0.25, 0.3) is 0 Å². The third kappa shape index (κ3) is 2.52. The standard InChI is InChI=1S/C13H15Br2NO2/c1-8-2-4-13(7-16,5-3-8)11(17)10-6-9(14)12(15)18-10/h6,8,11,17H,2-5H2,1H3. The number of halogens is 2. The zero-order chi connectivity index (χ0) is 13.3. The van der Waals surface area contributed by atoms with Crippen LogP contribution in [0.1, 0.15) is 44.5 Å². The van der Waals surface area contributed by atoms with Crippen LogP contribution in [0, 0.1) is 22.7 Å². The van der Waals surface area contributed by atoms with Crippen molar-refractivity contribution in [2.45, 2.75) is 38.7 Å². The van der Waals surface area contributed by atoms with Gasteiger partial charge in [0, 0.05) is 0 Å². The molecule has 1 heterocycles. The predicted octanol–water partition coefficient (Wildman–Crippen LogP) is 4.56. The Bertz CT molecular complexity index is 450. The molecule has 0 radical (unpaired) electrons. The minimum absolute atomic E-state index is 0.449. The largest absolute Gasteiger partial charge is 0.450 e. The van der Waals surface area contributed by atoms with E-state index in [1.807, 2.05) is 0 Å². The van der Waals surface area contributed by atoms with Gasteiger partial charge in [-0.05, 0) is 69.5 Å². The Morgan fingerprint density at radius 1 is 1.50 bits per heavy atom. The van der Waals surface area contributed by atoms with Gasteiger partial charge < -0.3 is 9.52 Å². The summed E-state index contributed by atoms with van der Waals surface area (Å²) in [5.41, 5.74) is -0.705. The maximum atomic E-state index is 10.5. The highest BCUT2D eigenvalue weighted by Crippen LogP contribution is 2.48. The number of nitriles is 1. The Morgan fingerprint density at radius 2 is 2.11 bits per heavy atom. The molecule has 0 saturated heterocycles. The number of nitrogens with zero attached hydrogens (tertiary/aromatic N) is 1. The summed E-state index contributed by atoms with van der Waals surface area (Å²) >= 11 is 6.57. The van der Waals surface area contributed by atoms with E-state index in [9.17, 15) is 10.4 Å². The highest BCUT2D eigenvalue weighted by atomic mass is 79.9. The summed E-state index contributed by atoms with van der Waals surface area (Å²) in [6.07, 6.45) is 2.54. The number of aliphatic hydroxyl groups excluding tert-OH is 1. The van der Waals surface area contributed by atoms with E-state index in [4.69, 9.17) is 4.42 Å². The van der Waals surface area contributed by atoms with Gasteiger partial charge in [-0.15, -0.1) is 0 Å². The van der Waals surface area contributed by atoms with Gasteiger partial charge in [-0.3, -0.25) is 0 Å². The fraction of sp³-hybridized carbons (Fsp3) is 0.615. The first-order chi connectivity index (χ1) is 8.48. The van der Waals surface area contributed by atoms with Gasteiger partial charge >= 0.3 is 0 Å². The van der Waals surface area contributed by atoms with Crippen LogP contribution in [0.3, 0.4) is 0 Å². The summed E-state index contributed by atoms with van der Waals surface area (Å²) in [6, 6.07) is 4.05. The molecule has 0 amide bonds. The molecule has 1 saturated carbocycles. The molecule has 0 bridgehead atoms. The molecule has 1 aromatic heterocycles. The van der Waals surface area contributed by atoms with E-state index in [1.165, 1.54) is 0 Å². The van der Waals surface area contributed by atoms with Crippen molar-refractivity contribution in [1.29, 1.82) is 5.26 Å². The van der Waals surface area contributed by atoms with E-state index in [1.54, 1.807) is 6.07 Å². The Hall–Kier alpha value is -0.310. The fourth-order valence-corrected chi connectivity index (χ4v) is 3.10. The van der Waals surface area contributed by atoms with Gasteiger partial charge in [0.25, 0.3) is 0 Å². The first-order valence-electron chi connectivity index (χ1n) is 6.02. The number of hydrogen-bond donors (Lipinski definition) is 1. The quantitative estimate of drug-likeness (QED) is 0.823. The van der Waals surface area contributed by atoms with Gasteiger partial charge in [-0.25, -0.2) is 0 Å². The summed E-state index contributed by atoms with van der Waals surface area (Å²) in [4.78, 5) is 0. The van der Waals surface area contributed by atoms with Crippen molar-refractivity contribution >= 4 is 31.9 Å². The van der Waals surface area contributed by atoms with Gasteiger partial charge in [0.15, 0.2) is 4.67 Å². The Morgan fingerprint density at radius 3 is 2.56 bits per heavy atom. The van der Waals surface area contributed by atoms with E-state index in [2.05, 4.69) is 44.9 Å². The number of hydrogen-bond acceptors (Lipinski definition) is 3. The van der Waals surface area contributed by atoms with Gasteiger partial charge in [0.05, 0.1) is 16.0 Å². The second-order valence-corrected chi connectivity index (χ2v) is 6.70. The molecule has 2 rings (SSSR count). The highest BCUT2D eigenvalue weighted by molar-refractivity contribution is 9.13. The second kappa shape index (κ2) is 5.36. The fourth-order valence-electron chi connectivity index (χ4n) is 2.49. The first kappa shape index (κ1) is 14.1. The lowest BCUT2D eigenvalue weighted by atomic mass is 9.68. The number of furan rings is 1. The van der Waals surface area contributed by atoms with Gasteiger partial charge in [-0.1, -0.05) is 6.92 Å². The van der Waals surface area contributed by atoms with Gasteiger partial charge in [0.2, 0.25) is 0 Å². The lowest BCUT2D eigenvalue weighted by Gasteiger charge is -2.36. The monoisotopic (exact) mass is 375 g/mol. The maximum absolute atomic E-state index is 10.5. The average molecular weight is 377 g/mol. The van der Waals surface area contributed by atoms with Crippen LogP contribution in [0.5, 0.6) is 0 Å². The zero-order valence-electron chi connectivity index (χ0n) is 10.1. The molecule has 3 nitrogen and oxygen atoms in total. The topological polar surface area (TPSA) is 57.2 Å². The molecule has 1 fully saturated rings. The highest BCUT2D eigenvalue weighted by Gasteiger charge is 2.43. The summed E-state index contributed by atoms with van der Waals surface area (Å²) in [5, 5.41) is 19.9. The van der Waals surface area contributed by atoms with Crippen molar-refractivity contribution in [3.63, 3.8) is 0 Å². The second-order valence-electron chi connectivity index (χ2n) is 5.12. The van der Waals surface area contributed by atoms with Crippen molar-refractivity contribution in [3.05, 3.63) is 21.0 Å². The molecule has 1 N–H and O–H groups in total. The van der Waals surface area contributed by atoms with Crippen LogP contribution in [-0.4, -0.2) is 5.11 Å². The molecule has 0 spiro atoms. The normalized spacial score (nSPS) is 29.8. The van der Waals surface area contributed by atoms with Crippen LogP contribution in [0.15, 0.2) is 19.6 Å². The Kier molecular flexibility index (Phi) is 4.20. The number of rotatable bonds is 2. The van der Waals surface area contributed by atoms with Crippen LogP contribution >= 0.6 is 31.9 Å². The van der Waals surface area contributed by atoms with Crippen LogP contribution < -0.4 is 0 Å². The summed E-state index contributed by atoms with van der Waals surface area (Å²) in [5.74, 6) is 1.08. The van der Waals surface area contributed by atoms with Crippen molar-refractivity contribution in [3.8, 4) is 6.07 Å². The Labute approximate surface area is 123 Å². The van der Waals surface area contributed by atoms with Crippen molar-refractivity contribution in [1.82, 2.24) is 0 Å². The van der Waals surface area contributed by atoms with E-state index in [-0.39, 0.29) is 0 Å². The first-order valence-corrected chi connectivity index (χ1v) is 7.61. The molecule has 0 aromatic carbocycles. The lowest BCUT2D eigenvalue weighted by Crippen LogP contribution is -2.31. The minimum Gasteiger partial charge on any atom is -0.450 e. The molecule has 18 heavy (non-hydrogen) atoms. The van der Waals surface area contributed by atoms with Crippen molar-refractivity contribution < 1.29 is 9.52 Å². The molecule has 5 heteroatoms. The van der Waals surface area contributed by atoms with E-state index in [0.29, 0.717) is 16.3 Å². The van der Waals surface area contributed by atoms with E-state index in [0.717, 1.165) is 30.2 Å². The van der Waals surface area contributed by atoms with Crippen molar-refractivity contribution in [2.24, 2.45) is 11.3 Å². The molecule has 1 aliphatic rings. The van der Waals surface area contributed by atoms with Crippen LogP contribution in [-0.2, 0) is 0 Å². The number of aliphatic hydroxyl groups is 1. The molecular formula is C13H15Br2NO2. The predicted molar refractivity (Wildman–Crippen MR) is 74.7 cm³/mol. The van der Waals surface area contributed by atoms with Crippen LogP contribution in [0.4, 0.5) is 0 Å². The molecule has 98 valence electrons. The van der Waals surface area contributed by atoms with E-state index >= 15 is 0 Å². The molecule has 1 atom stereocenters. The molecule has 1 aliphatic carbocycles. The van der Waals surface area contributed by atoms with Crippen molar-refractivity contribution in [2.75, 3.05) is 0 Å². The van der Waals surface area contributed by atoms with Gasteiger partial charge in [-0.2, -0.15) is 5.26 Å². The van der Waals surface area contributed by atoms with E-state index < -0.39 is 11.5 Å². The minimum atomic E-state index is -0.863. The molecule has 1 unspecified atom stereocenters. The maximum Gasteiger partial charge on any atom is 0.183 e. The molecule has 0 aliphatic heterocycles.